The SMILES string of the molecule is CCc1c(C(=O)O)c(=O)c2cc(F)c(N)c(N)c2n1C1CC1. The van der Waals surface area contributed by atoms with Crippen molar-refractivity contribution in [2.75, 3.05) is 11.5 Å². The molecule has 0 bridgehead atoms. The molecule has 0 saturated heterocycles. The molecule has 2 aromatic rings. The van der Waals surface area contributed by atoms with Gasteiger partial charge in [-0.05, 0) is 25.3 Å². The molecule has 0 spiro atoms. The van der Waals surface area contributed by atoms with E-state index in [9.17, 15) is 19.1 Å². The lowest BCUT2D eigenvalue weighted by Crippen LogP contribution is -2.25. The Hall–Kier alpha value is -2.57. The predicted octanol–water partition coefficient (Wildman–Crippen LogP) is 1.90. The summed E-state index contributed by atoms with van der Waals surface area (Å²) in [5.74, 6) is -2.13. The van der Waals surface area contributed by atoms with Crippen LogP contribution in [-0.4, -0.2) is 15.6 Å². The maximum Gasteiger partial charge on any atom is 0.341 e. The molecule has 0 amide bonds. The third kappa shape index (κ3) is 1.85. The van der Waals surface area contributed by atoms with E-state index < -0.39 is 17.2 Å². The molecule has 1 heterocycles. The van der Waals surface area contributed by atoms with Crippen LogP contribution in [0, 0.1) is 5.82 Å². The van der Waals surface area contributed by atoms with Crippen molar-refractivity contribution in [1.82, 2.24) is 4.57 Å². The summed E-state index contributed by atoms with van der Waals surface area (Å²) in [4.78, 5) is 24.0. The molecule has 1 aromatic heterocycles. The number of nitrogen functional groups attached to an aromatic ring is 2. The number of aromatic nitrogens is 1. The minimum Gasteiger partial charge on any atom is -0.477 e. The fourth-order valence-electron chi connectivity index (χ4n) is 2.93. The van der Waals surface area contributed by atoms with Crippen molar-refractivity contribution in [3.05, 3.63) is 33.4 Å². The number of fused-ring (bicyclic) bond motifs is 1. The number of anilines is 2. The number of rotatable bonds is 3. The number of aromatic carboxylic acids is 1. The van der Waals surface area contributed by atoms with Crippen LogP contribution in [0.1, 0.15) is 41.9 Å². The highest BCUT2D eigenvalue weighted by Crippen LogP contribution is 2.41. The van der Waals surface area contributed by atoms with Gasteiger partial charge in [0.05, 0.1) is 22.3 Å². The zero-order valence-electron chi connectivity index (χ0n) is 12.0. The lowest BCUT2D eigenvalue weighted by atomic mass is 10.0. The van der Waals surface area contributed by atoms with E-state index in [1.807, 2.05) is 0 Å². The third-order valence-corrected chi connectivity index (χ3v) is 4.08. The predicted molar refractivity (Wildman–Crippen MR) is 81.6 cm³/mol. The van der Waals surface area contributed by atoms with Gasteiger partial charge >= 0.3 is 5.97 Å². The standard InChI is InChI=1S/C15H16FN3O3/c1-2-9-10(15(21)22)14(20)7-5-8(16)11(17)12(18)13(7)19(9)6-3-4-6/h5-6H,2-4,17-18H2,1H3,(H,21,22). The first-order valence-corrected chi connectivity index (χ1v) is 7.06. The number of pyridine rings is 1. The Kier molecular flexibility index (Phi) is 3.09. The molecule has 1 saturated carbocycles. The Morgan fingerprint density at radius 2 is 2.05 bits per heavy atom. The monoisotopic (exact) mass is 305 g/mol. The van der Waals surface area contributed by atoms with Gasteiger partial charge in [0.2, 0.25) is 5.43 Å². The zero-order valence-corrected chi connectivity index (χ0v) is 12.0. The number of nitrogens with two attached hydrogens (primary N) is 2. The number of carbonyl (C=O) groups is 1. The van der Waals surface area contributed by atoms with Crippen LogP contribution < -0.4 is 16.9 Å². The Balaban J connectivity index is 2.61. The quantitative estimate of drug-likeness (QED) is 0.750. The summed E-state index contributed by atoms with van der Waals surface area (Å²) in [6.07, 6.45) is 2.08. The normalized spacial score (nSPS) is 14.5. The van der Waals surface area contributed by atoms with E-state index in [-0.39, 0.29) is 28.4 Å². The van der Waals surface area contributed by atoms with E-state index in [1.54, 1.807) is 11.5 Å². The molecule has 6 nitrogen and oxygen atoms in total. The molecule has 0 aliphatic heterocycles. The van der Waals surface area contributed by atoms with E-state index in [0.717, 1.165) is 18.9 Å². The van der Waals surface area contributed by atoms with Crippen molar-refractivity contribution in [2.45, 2.75) is 32.2 Å². The fourth-order valence-corrected chi connectivity index (χ4v) is 2.93. The first-order chi connectivity index (χ1) is 10.4. The van der Waals surface area contributed by atoms with Crippen molar-refractivity contribution < 1.29 is 14.3 Å². The zero-order chi connectivity index (χ0) is 16.2. The molecule has 1 aromatic carbocycles. The van der Waals surface area contributed by atoms with Crippen molar-refractivity contribution in [3.63, 3.8) is 0 Å². The van der Waals surface area contributed by atoms with Gasteiger partial charge in [-0.3, -0.25) is 4.79 Å². The molecular formula is C15H16FN3O3. The Morgan fingerprint density at radius 1 is 1.41 bits per heavy atom. The third-order valence-electron chi connectivity index (χ3n) is 4.08. The van der Waals surface area contributed by atoms with Crippen molar-refractivity contribution in [3.8, 4) is 0 Å². The molecule has 116 valence electrons. The first-order valence-electron chi connectivity index (χ1n) is 7.06. The van der Waals surface area contributed by atoms with Crippen molar-refractivity contribution in [2.24, 2.45) is 0 Å². The highest BCUT2D eigenvalue weighted by Gasteiger charge is 2.32. The maximum atomic E-state index is 13.9. The lowest BCUT2D eigenvalue weighted by Gasteiger charge is -2.20. The van der Waals surface area contributed by atoms with Gasteiger partial charge in [0, 0.05) is 11.7 Å². The minimum atomic E-state index is -1.31. The van der Waals surface area contributed by atoms with Crippen LogP contribution in [-0.2, 0) is 6.42 Å². The number of carboxylic acid groups (broad SMARTS) is 1. The Bertz CT molecular complexity index is 869. The van der Waals surface area contributed by atoms with Crippen LogP contribution in [0.3, 0.4) is 0 Å². The second kappa shape index (κ2) is 4.72. The molecular weight excluding hydrogens is 289 g/mol. The fraction of sp³-hybridized carbons (Fsp3) is 0.333. The van der Waals surface area contributed by atoms with E-state index in [0.29, 0.717) is 17.6 Å². The molecule has 1 aliphatic carbocycles. The molecule has 0 atom stereocenters. The summed E-state index contributed by atoms with van der Waals surface area (Å²) in [7, 11) is 0. The van der Waals surface area contributed by atoms with Crippen LogP contribution >= 0.6 is 0 Å². The summed E-state index contributed by atoms with van der Waals surface area (Å²) in [6, 6.07) is 1.05. The first kappa shape index (κ1) is 14.4. The van der Waals surface area contributed by atoms with E-state index in [4.69, 9.17) is 11.5 Å². The molecule has 3 rings (SSSR count). The smallest absolute Gasteiger partial charge is 0.341 e. The number of hydrogen-bond donors (Lipinski definition) is 3. The summed E-state index contributed by atoms with van der Waals surface area (Å²) < 4.78 is 15.6. The molecule has 1 aliphatic rings. The van der Waals surface area contributed by atoms with Gasteiger partial charge in [-0.25, -0.2) is 9.18 Å². The van der Waals surface area contributed by atoms with Crippen LogP contribution in [0.25, 0.3) is 10.9 Å². The van der Waals surface area contributed by atoms with E-state index in [1.165, 1.54) is 0 Å². The number of nitrogens with zero attached hydrogens (tertiary/aromatic N) is 1. The number of halogens is 1. The molecule has 22 heavy (non-hydrogen) atoms. The lowest BCUT2D eigenvalue weighted by molar-refractivity contribution is 0.0693. The van der Waals surface area contributed by atoms with Crippen LogP contribution in [0.15, 0.2) is 10.9 Å². The van der Waals surface area contributed by atoms with Crippen LogP contribution in [0.2, 0.25) is 0 Å². The van der Waals surface area contributed by atoms with Gasteiger partial charge in [-0.15, -0.1) is 0 Å². The topological polar surface area (TPSA) is 111 Å². The molecule has 5 N–H and O–H groups in total. The second-order valence-electron chi connectivity index (χ2n) is 5.49. The minimum absolute atomic E-state index is 0.00867. The van der Waals surface area contributed by atoms with Gasteiger partial charge in [0.1, 0.15) is 11.4 Å². The number of benzene rings is 1. The summed E-state index contributed by atoms with van der Waals surface area (Å²) in [5, 5.41) is 9.36. The van der Waals surface area contributed by atoms with Gasteiger partial charge in [-0.2, -0.15) is 0 Å². The Morgan fingerprint density at radius 3 is 2.55 bits per heavy atom. The van der Waals surface area contributed by atoms with Crippen molar-refractivity contribution >= 4 is 28.2 Å². The van der Waals surface area contributed by atoms with E-state index >= 15 is 0 Å². The maximum absolute atomic E-state index is 13.9. The highest BCUT2D eigenvalue weighted by molar-refractivity contribution is 6.00. The number of hydrogen-bond acceptors (Lipinski definition) is 4. The van der Waals surface area contributed by atoms with Gasteiger partial charge in [-0.1, -0.05) is 6.92 Å². The number of carboxylic acids is 1. The molecule has 7 heteroatoms. The van der Waals surface area contributed by atoms with Crippen LogP contribution in [0.5, 0.6) is 0 Å². The average Bonchev–Trinajstić information content (AvgIpc) is 3.29. The molecule has 0 radical (unpaired) electrons. The summed E-state index contributed by atoms with van der Waals surface area (Å²) in [6.45, 7) is 1.77. The second-order valence-corrected chi connectivity index (χ2v) is 5.49. The Labute approximate surface area is 125 Å². The highest BCUT2D eigenvalue weighted by atomic mass is 19.1. The van der Waals surface area contributed by atoms with E-state index in [2.05, 4.69) is 0 Å². The van der Waals surface area contributed by atoms with Gasteiger partial charge in [0.25, 0.3) is 0 Å². The van der Waals surface area contributed by atoms with Crippen LogP contribution in [0.4, 0.5) is 15.8 Å². The van der Waals surface area contributed by atoms with Crippen molar-refractivity contribution in [1.29, 1.82) is 0 Å². The molecule has 0 unspecified atom stereocenters. The summed E-state index contributed by atoms with van der Waals surface area (Å²) in [5.41, 5.74) is 11.1. The van der Waals surface area contributed by atoms with Gasteiger partial charge in [0.15, 0.2) is 0 Å². The largest absolute Gasteiger partial charge is 0.477 e. The summed E-state index contributed by atoms with van der Waals surface area (Å²) >= 11 is 0. The average molecular weight is 305 g/mol. The molecule has 1 fully saturated rings. The van der Waals surface area contributed by atoms with Gasteiger partial charge < -0.3 is 21.1 Å².